The van der Waals surface area contributed by atoms with Gasteiger partial charge in [-0.2, -0.15) is 0 Å². The van der Waals surface area contributed by atoms with Crippen molar-refractivity contribution in [2.75, 3.05) is 0 Å². The fraction of sp³-hybridized carbons (Fsp3) is 0.231. The third-order valence-corrected chi connectivity index (χ3v) is 3.28. The minimum Gasteiger partial charge on any atom is -0.449 e. The Morgan fingerprint density at radius 2 is 2.17 bits per heavy atom. The van der Waals surface area contributed by atoms with Crippen LogP contribution in [0.1, 0.15) is 13.3 Å². The highest BCUT2D eigenvalue weighted by Gasteiger charge is 2.12. The molecule has 0 bridgehead atoms. The minimum atomic E-state index is -0.160. The zero-order chi connectivity index (χ0) is 12.7. The van der Waals surface area contributed by atoms with E-state index >= 15 is 0 Å². The van der Waals surface area contributed by atoms with Gasteiger partial charge in [-0.3, -0.25) is 9.36 Å². The van der Waals surface area contributed by atoms with Gasteiger partial charge in [0.1, 0.15) is 11.1 Å². The molecule has 0 saturated carbocycles. The maximum absolute atomic E-state index is 12.3. The van der Waals surface area contributed by atoms with Gasteiger partial charge in [0.05, 0.1) is 0 Å². The average Bonchev–Trinajstić information content (AvgIpc) is 2.74. The third-order valence-electron chi connectivity index (χ3n) is 2.96. The molecule has 0 fully saturated rings. The summed E-state index contributed by atoms with van der Waals surface area (Å²) in [7, 11) is 0. The molecule has 0 atom stereocenters. The van der Waals surface area contributed by atoms with E-state index in [1.165, 1.54) is 0 Å². The molecule has 2 heterocycles. The average molecular weight is 260 g/mol. The van der Waals surface area contributed by atoms with Gasteiger partial charge >= 0.3 is 0 Å². The van der Waals surface area contributed by atoms with Gasteiger partial charge in [0, 0.05) is 11.9 Å². The van der Waals surface area contributed by atoms with E-state index in [-0.39, 0.29) is 5.56 Å². The first-order valence-corrected chi connectivity index (χ1v) is 6.27. The molecule has 18 heavy (non-hydrogen) atoms. The first-order chi connectivity index (χ1) is 8.72. The lowest BCUT2D eigenvalue weighted by Gasteiger charge is -2.02. The van der Waals surface area contributed by atoms with Crippen LogP contribution < -0.4 is 5.56 Å². The predicted molar refractivity (Wildman–Crippen MR) is 73.5 cm³/mol. The summed E-state index contributed by atoms with van der Waals surface area (Å²) in [6.45, 7) is 2.60. The molecular formula is C13H12N2O2S. The molecule has 92 valence electrons. The number of benzene rings is 1. The van der Waals surface area contributed by atoms with Crippen LogP contribution in [0.2, 0.25) is 0 Å². The summed E-state index contributed by atoms with van der Waals surface area (Å²) in [6.07, 6.45) is 0.850. The highest BCUT2D eigenvalue weighted by Crippen LogP contribution is 2.24. The van der Waals surface area contributed by atoms with Gasteiger partial charge in [0.15, 0.2) is 4.77 Å². The van der Waals surface area contributed by atoms with E-state index in [0.717, 1.165) is 11.8 Å². The normalized spacial score (nSPS) is 11.4. The van der Waals surface area contributed by atoms with E-state index in [1.807, 2.05) is 31.2 Å². The molecular weight excluding hydrogens is 248 g/mol. The SMILES string of the molecule is CCCn1c(=S)[nH]c2c(oc3ccccc32)c1=O. The van der Waals surface area contributed by atoms with Crippen molar-refractivity contribution in [1.82, 2.24) is 9.55 Å². The quantitative estimate of drug-likeness (QED) is 0.720. The Kier molecular flexibility index (Phi) is 2.56. The van der Waals surface area contributed by atoms with E-state index in [2.05, 4.69) is 4.98 Å². The number of aromatic nitrogens is 2. The number of hydrogen-bond donors (Lipinski definition) is 1. The van der Waals surface area contributed by atoms with Crippen molar-refractivity contribution in [3.8, 4) is 0 Å². The van der Waals surface area contributed by atoms with Crippen LogP contribution in [0.3, 0.4) is 0 Å². The number of nitrogens with zero attached hydrogens (tertiary/aromatic N) is 1. The van der Waals surface area contributed by atoms with Crippen molar-refractivity contribution in [2.24, 2.45) is 0 Å². The predicted octanol–water partition coefficient (Wildman–Crippen LogP) is 3.22. The second-order valence-corrected chi connectivity index (χ2v) is 4.58. The molecule has 1 N–H and O–H groups in total. The smallest absolute Gasteiger partial charge is 0.297 e. The zero-order valence-corrected chi connectivity index (χ0v) is 10.7. The van der Waals surface area contributed by atoms with Gasteiger partial charge in [-0.25, -0.2) is 0 Å². The lowest BCUT2D eigenvalue weighted by atomic mass is 10.2. The topological polar surface area (TPSA) is 50.9 Å². The van der Waals surface area contributed by atoms with Crippen molar-refractivity contribution >= 4 is 34.3 Å². The summed E-state index contributed by atoms with van der Waals surface area (Å²) in [5.41, 5.74) is 1.57. The third kappa shape index (κ3) is 1.51. The highest BCUT2D eigenvalue weighted by molar-refractivity contribution is 7.71. The molecule has 0 spiro atoms. The summed E-state index contributed by atoms with van der Waals surface area (Å²) >= 11 is 5.23. The summed E-state index contributed by atoms with van der Waals surface area (Å²) in [5.74, 6) is 0. The molecule has 0 unspecified atom stereocenters. The zero-order valence-electron chi connectivity index (χ0n) is 9.90. The molecule has 4 nitrogen and oxygen atoms in total. The van der Waals surface area contributed by atoms with Gasteiger partial charge in [0.2, 0.25) is 5.58 Å². The van der Waals surface area contributed by atoms with Crippen molar-refractivity contribution in [1.29, 1.82) is 0 Å². The lowest BCUT2D eigenvalue weighted by molar-refractivity contribution is 0.607. The molecule has 0 amide bonds. The van der Waals surface area contributed by atoms with Crippen molar-refractivity contribution in [2.45, 2.75) is 19.9 Å². The van der Waals surface area contributed by atoms with Crippen molar-refractivity contribution in [3.63, 3.8) is 0 Å². The first kappa shape index (κ1) is 11.2. The monoisotopic (exact) mass is 260 g/mol. The molecule has 0 aliphatic heterocycles. The van der Waals surface area contributed by atoms with Gasteiger partial charge in [-0.05, 0) is 30.8 Å². The Morgan fingerprint density at radius 3 is 2.94 bits per heavy atom. The van der Waals surface area contributed by atoms with E-state index in [0.29, 0.717) is 28.0 Å². The minimum absolute atomic E-state index is 0.160. The molecule has 0 saturated heterocycles. The van der Waals surface area contributed by atoms with Crippen LogP contribution in [-0.4, -0.2) is 9.55 Å². The Hall–Kier alpha value is -1.88. The molecule has 3 aromatic rings. The number of para-hydroxylation sites is 1. The van der Waals surface area contributed by atoms with E-state index < -0.39 is 0 Å². The molecule has 3 rings (SSSR count). The van der Waals surface area contributed by atoms with Crippen LogP contribution in [0, 0.1) is 4.77 Å². The van der Waals surface area contributed by atoms with Gasteiger partial charge in [-0.15, -0.1) is 0 Å². The first-order valence-electron chi connectivity index (χ1n) is 5.86. The summed E-state index contributed by atoms with van der Waals surface area (Å²) in [5, 5.41) is 0.888. The molecule has 0 radical (unpaired) electrons. The van der Waals surface area contributed by atoms with Crippen LogP contribution in [0.25, 0.3) is 22.1 Å². The fourth-order valence-corrected chi connectivity index (χ4v) is 2.41. The standard InChI is InChI=1S/C13H12N2O2S/c1-2-7-15-12(16)11-10(14-13(15)18)8-5-3-4-6-9(8)17-11/h3-6H,2,7H2,1H3,(H,14,18). The summed E-state index contributed by atoms with van der Waals surface area (Å²) in [6, 6.07) is 7.54. The Labute approximate surface area is 108 Å². The Morgan fingerprint density at radius 1 is 1.39 bits per heavy atom. The van der Waals surface area contributed by atoms with Gasteiger partial charge in [0.25, 0.3) is 5.56 Å². The maximum atomic E-state index is 12.3. The van der Waals surface area contributed by atoms with E-state index in [9.17, 15) is 4.79 Å². The number of fused-ring (bicyclic) bond motifs is 3. The van der Waals surface area contributed by atoms with Crippen LogP contribution in [0.4, 0.5) is 0 Å². The van der Waals surface area contributed by atoms with Gasteiger partial charge < -0.3 is 9.40 Å². The number of H-pyrrole nitrogens is 1. The summed E-state index contributed by atoms with van der Waals surface area (Å²) < 4.78 is 7.60. The molecule has 0 aliphatic rings. The molecule has 1 aromatic carbocycles. The number of aromatic amines is 1. The van der Waals surface area contributed by atoms with Gasteiger partial charge in [-0.1, -0.05) is 19.1 Å². The van der Waals surface area contributed by atoms with Crippen LogP contribution in [-0.2, 0) is 6.54 Å². The largest absolute Gasteiger partial charge is 0.449 e. The van der Waals surface area contributed by atoms with Crippen molar-refractivity contribution < 1.29 is 4.42 Å². The molecule has 2 aromatic heterocycles. The van der Waals surface area contributed by atoms with Crippen molar-refractivity contribution in [3.05, 3.63) is 39.4 Å². The summed E-state index contributed by atoms with van der Waals surface area (Å²) in [4.78, 5) is 15.4. The number of furan rings is 1. The number of rotatable bonds is 2. The molecule has 0 aliphatic carbocycles. The van der Waals surface area contributed by atoms with Crippen LogP contribution in [0.15, 0.2) is 33.5 Å². The Balaban J connectivity index is 2.50. The second-order valence-electron chi connectivity index (χ2n) is 4.19. The fourth-order valence-electron chi connectivity index (χ4n) is 2.14. The number of hydrogen-bond acceptors (Lipinski definition) is 3. The maximum Gasteiger partial charge on any atom is 0.297 e. The van der Waals surface area contributed by atoms with Crippen LogP contribution >= 0.6 is 12.2 Å². The number of nitrogens with one attached hydrogen (secondary N) is 1. The second kappa shape index (κ2) is 4.10. The highest BCUT2D eigenvalue weighted by atomic mass is 32.1. The Bertz CT molecular complexity index is 841. The lowest BCUT2D eigenvalue weighted by Crippen LogP contribution is -2.21. The van der Waals surface area contributed by atoms with E-state index in [1.54, 1.807) is 4.57 Å². The van der Waals surface area contributed by atoms with Crippen LogP contribution in [0.5, 0.6) is 0 Å². The van der Waals surface area contributed by atoms with E-state index in [4.69, 9.17) is 16.6 Å². The molecule has 5 heteroatoms.